The third kappa shape index (κ3) is 11.6. The lowest BCUT2D eigenvalue weighted by Crippen LogP contribution is -2.36. The molecule has 4 unspecified atom stereocenters. The second kappa shape index (κ2) is 21.4. The molecule has 2 aliphatic carbocycles. The molecule has 10 nitrogen and oxygen atoms in total. The van der Waals surface area contributed by atoms with Crippen molar-refractivity contribution in [3.63, 3.8) is 0 Å². The molecule has 2 aliphatic heterocycles. The molecule has 2 aromatic rings. The quantitative estimate of drug-likeness (QED) is 0.0934. The van der Waals surface area contributed by atoms with E-state index in [9.17, 15) is 14.4 Å². The Hall–Kier alpha value is -3.76. The maximum Gasteiger partial charge on any atom is 0.338 e. The second-order valence-electron chi connectivity index (χ2n) is 15.5. The zero-order chi connectivity index (χ0) is 38.3. The monoisotopic (exact) mass is 748 g/mol. The van der Waals surface area contributed by atoms with Crippen molar-refractivity contribution in [2.24, 2.45) is 23.7 Å². The van der Waals surface area contributed by atoms with Crippen molar-refractivity contribution in [3.8, 4) is 17.2 Å². The molecule has 4 atom stereocenters. The summed E-state index contributed by atoms with van der Waals surface area (Å²) in [5.41, 5.74) is 0.359. The highest BCUT2D eigenvalue weighted by atomic mass is 16.7. The van der Waals surface area contributed by atoms with Gasteiger partial charge in [-0.2, -0.15) is 0 Å². The Morgan fingerprint density at radius 3 is 1.50 bits per heavy atom. The minimum absolute atomic E-state index is 0.0316. The van der Waals surface area contributed by atoms with E-state index in [0.717, 1.165) is 63.2 Å². The van der Waals surface area contributed by atoms with Crippen LogP contribution in [0, 0.1) is 23.7 Å². The molecule has 0 radical (unpaired) electrons. The van der Waals surface area contributed by atoms with E-state index in [1.165, 1.54) is 51.4 Å². The summed E-state index contributed by atoms with van der Waals surface area (Å²) in [5.74, 6) is 2.09. The van der Waals surface area contributed by atoms with E-state index in [1.54, 1.807) is 48.5 Å². The lowest BCUT2D eigenvalue weighted by Gasteiger charge is -2.27. The number of carbonyl (C=O) groups excluding carboxylic acids is 4. The van der Waals surface area contributed by atoms with E-state index in [2.05, 4.69) is 13.8 Å². The van der Waals surface area contributed by atoms with Crippen LogP contribution in [-0.2, 0) is 28.6 Å². The highest BCUT2D eigenvalue weighted by Gasteiger charge is 2.50. The van der Waals surface area contributed by atoms with Crippen LogP contribution < -0.4 is 14.2 Å². The summed E-state index contributed by atoms with van der Waals surface area (Å²) in [6, 6.07) is 13.6. The Morgan fingerprint density at radius 2 is 1.02 bits per heavy atom. The molecule has 296 valence electrons. The van der Waals surface area contributed by atoms with Crippen LogP contribution in [-0.4, -0.2) is 62.3 Å². The van der Waals surface area contributed by atoms with Gasteiger partial charge in [-0.25, -0.2) is 4.79 Å². The zero-order valence-electron chi connectivity index (χ0n) is 32.3. The van der Waals surface area contributed by atoms with Gasteiger partial charge < -0.3 is 33.2 Å². The summed E-state index contributed by atoms with van der Waals surface area (Å²) in [4.78, 5) is 46.7. The number of carbonyl (C=O) groups is 4. The molecular formula is C44H60O10. The van der Waals surface area contributed by atoms with Gasteiger partial charge in [0.15, 0.2) is 12.2 Å². The number of rotatable bonds is 16. The van der Waals surface area contributed by atoms with Crippen molar-refractivity contribution in [1.82, 2.24) is 0 Å². The van der Waals surface area contributed by atoms with E-state index in [-0.39, 0.29) is 42.6 Å². The van der Waals surface area contributed by atoms with E-state index < -0.39 is 18.2 Å². The molecule has 54 heavy (non-hydrogen) atoms. The maximum absolute atomic E-state index is 13.0. The molecule has 0 N–H and O–H groups in total. The summed E-state index contributed by atoms with van der Waals surface area (Å²) in [6.07, 6.45) is 16.3. The Labute approximate surface area is 320 Å². The summed E-state index contributed by atoms with van der Waals surface area (Å²) in [6.45, 7) is 6.95. The third-order valence-corrected chi connectivity index (χ3v) is 11.7. The van der Waals surface area contributed by atoms with Gasteiger partial charge in [0.05, 0.1) is 30.6 Å². The predicted molar refractivity (Wildman–Crippen MR) is 204 cm³/mol. The van der Waals surface area contributed by atoms with Crippen LogP contribution in [0.3, 0.4) is 0 Å². The Morgan fingerprint density at radius 1 is 0.593 bits per heavy atom. The number of hydrogen-bond donors (Lipinski definition) is 0. The standard InChI is InChI=1S/C43H58O9.CH2O/c1-3-5-7-9-29-11-15-31(16-12-29)41(44)50-35-21-19-33(20-22-35)43(46)52-38-28-48-39-37(27-47-40(38)39)49-34-23-25-36(26-24-34)51-42(45)32-17-13-30(14-18-32)10-8-6-4-2;1-2/h19-26,29-32,37-40H,3-18,27-28H2,1-2H3;1H2. The second-order valence-corrected chi connectivity index (χ2v) is 15.5. The molecule has 2 saturated heterocycles. The van der Waals surface area contributed by atoms with Gasteiger partial charge in [0.2, 0.25) is 0 Å². The first-order chi connectivity index (χ1) is 26.4. The SMILES string of the molecule is C=O.CCCCCC1CCC(C(=O)Oc2ccc(OC3COC4C(OC(=O)c5ccc(OC(=O)C6CCC(CCCCC)CC6)cc5)COC34)cc2)CC1. The van der Waals surface area contributed by atoms with Crippen molar-refractivity contribution in [2.75, 3.05) is 13.2 Å². The summed E-state index contributed by atoms with van der Waals surface area (Å²) < 4.78 is 35.4. The highest BCUT2D eigenvalue weighted by molar-refractivity contribution is 5.89. The van der Waals surface area contributed by atoms with Gasteiger partial charge in [-0.05, 0) is 112 Å². The van der Waals surface area contributed by atoms with E-state index in [4.69, 9.17) is 33.2 Å². The minimum atomic E-state index is -0.575. The molecule has 2 saturated carbocycles. The third-order valence-electron chi connectivity index (χ3n) is 11.7. The molecule has 0 bridgehead atoms. The average molecular weight is 749 g/mol. The lowest BCUT2D eigenvalue weighted by molar-refractivity contribution is -0.141. The van der Waals surface area contributed by atoms with Crippen molar-refractivity contribution >= 4 is 24.7 Å². The fourth-order valence-electron chi connectivity index (χ4n) is 8.40. The number of esters is 3. The van der Waals surface area contributed by atoms with Crippen LogP contribution >= 0.6 is 0 Å². The molecule has 2 aromatic carbocycles. The molecule has 4 aliphatic rings. The number of fused-ring (bicyclic) bond motifs is 1. The normalized spacial score (nSPS) is 27.5. The van der Waals surface area contributed by atoms with Crippen molar-refractivity contribution < 1.29 is 47.6 Å². The zero-order valence-corrected chi connectivity index (χ0v) is 32.3. The van der Waals surface area contributed by atoms with Gasteiger partial charge in [-0.3, -0.25) is 9.59 Å². The van der Waals surface area contributed by atoms with Gasteiger partial charge in [0.25, 0.3) is 0 Å². The molecule has 0 amide bonds. The maximum atomic E-state index is 13.0. The van der Waals surface area contributed by atoms with Gasteiger partial charge in [-0.1, -0.05) is 65.2 Å². The first-order valence-electron chi connectivity index (χ1n) is 20.4. The van der Waals surface area contributed by atoms with E-state index in [0.29, 0.717) is 29.4 Å². The average Bonchev–Trinajstić information content (AvgIpc) is 3.80. The van der Waals surface area contributed by atoms with Gasteiger partial charge in [0.1, 0.15) is 36.2 Å². The van der Waals surface area contributed by atoms with Gasteiger partial charge in [0, 0.05) is 0 Å². The first kappa shape index (κ1) is 41.4. The van der Waals surface area contributed by atoms with Crippen LogP contribution in [0.25, 0.3) is 0 Å². The van der Waals surface area contributed by atoms with Crippen LogP contribution in [0.15, 0.2) is 48.5 Å². The van der Waals surface area contributed by atoms with Gasteiger partial charge in [-0.15, -0.1) is 0 Å². The Kier molecular flexibility index (Phi) is 16.4. The predicted octanol–water partition coefficient (Wildman–Crippen LogP) is 8.86. The number of hydrogen-bond acceptors (Lipinski definition) is 10. The molecule has 0 spiro atoms. The van der Waals surface area contributed by atoms with E-state index >= 15 is 0 Å². The molecule has 0 aromatic heterocycles. The minimum Gasteiger partial charge on any atom is -0.485 e. The molecule has 10 heteroatoms. The van der Waals surface area contributed by atoms with Crippen molar-refractivity contribution in [2.45, 2.75) is 141 Å². The fraction of sp³-hybridized carbons (Fsp3) is 0.636. The van der Waals surface area contributed by atoms with E-state index in [1.807, 2.05) is 6.79 Å². The van der Waals surface area contributed by atoms with Gasteiger partial charge >= 0.3 is 17.9 Å². The number of unbranched alkanes of at least 4 members (excludes halogenated alkanes) is 4. The molecule has 4 fully saturated rings. The summed E-state index contributed by atoms with van der Waals surface area (Å²) >= 11 is 0. The van der Waals surface area contributed by atoms with Crippen LogP contribution in [0.5, 0.6) is 17.2 Å². The molecule has 6 rings (SSSR count). The Bertz CT molecular complexity index is 1440. The molecule has 2 heterocycles. The lowest BCUT2D eigenvalue weighted by atomic mass is 9.80. The van der Waals surface area contributed by atoms with Crippen molar-refractivity contribution in [3.05, 3.63) is 54.1 Å². The van der Waals surface area contributed by atoms with Crippen molar-refractivity contribution in [1.29, 1.82) is 0 Å². The summed E-state index contributed by atoms with van der Waals surface area (Å²) in [7, 11) is 0. The van der Waals surface area contributed by atoms with Crippen LogP contribution in [0.4, 0.5) is 0 Å². The fourth-order valence-corrected chi connectivity index (χ4v) is 8.40. The number of ether oxygens (including phenoxy) is 6. The Balaban J connectivity index is 0.00000276. The largest absolute Gasteiger partial charge is 0.485 e. The number of benzene rings is 2. The highest BCUT2D eigenvalue weighted by Crippen LogP contribution is 2.36. The van der Waals surface area contributed by atoms with Crippen LogP contribution in [0.2, 0.25) is 0 Å². The summed E-state index contributed by atoms with van der Waals surface area (Å²) in [5, 5.41) is 0. The first-order valence-corrected chi connectivity index (χ1v) is 20.4. The molecular weight excluding hydrogens is 688 g/mol. The topological polar surface area (TPSA) is 124 Å². The van der Waals surface area contributed by atoms with Crippen LogP contribution in [0.1, 0.15) is 127 Å². The smallest absolute Gasteiger partial charge is 0.338 e.